The maximum atomic E-state index is 5.57. The number of piperidine rings is 1. The Balaban J connectivity index is 2.06. The molecule has 21 heavy (non-hydrogen) atoms. The lowest BCUT2D eigenvalue weighted by Gasteiger charge is -2.30. The number of hydrogen-bond acceptors (Lipinski definition) is 3. The van der Waals surface area contributed by atoms with Crippen LogP contribution in [0.15, 0.2) is 4.99 Å². The molecular formula is C16H34N4O. The van der Waals surface area contributed by atoms with Gasteiger partial charge in [0.25, 0.3) is 0 Å². The molecule has 1 fully saturated rings. The summed E-state index contributed by atoms with van der Waals surface area (Å²) >= 11 is 0. The van der Waals surface area contributed by atoms with Crippen LogP contribution in [0.25, 0.3) is 0 Å². The average Bonchev–Trinajstić information content (AvgIpc) is 2.45. The first-order valence-electron chi connectivity index (χ1n) is 8.32. The van der Waals surface area contributed by atoms with Crippen molar-refractivity contribution in [3.8, 4) is 0 Å². The van der Waals surface area contributed by atoms with Gasteiger partial charge in [0, 0.05) is 39.9 Å². The third-order valence-corrected chi connectivity index (χ3v) is 3.71. The van der Waals surface area contributed by atoms with E-state index in [-0.39, 0.29) is 0 Å². The van der Waals surface area contributed by atoms with Crippen molar-refractivity contribution in [1.82, 2.24) is 15.5 Å². The molecule has 5 nitrogen and oxygen atoms in total. The summed E-state index contributed by atoms with van der Waals surface area (Å²) in [6.45, 7) is 10.3. The zero-order chi connectivity index (χ0) is 15.5. The minimum absolute atomic E-state index is 0.612. The van der Waals surface area contributed by atoms with Gasteiger partial charge in [-0.15, -0.1) is 0 Å². The fraction of sp³-hybridized carbons (Fsp3) is 0.938. The van der Waals surface area contributed by atoms with Crippen molar-refractivity contribution < 1.29 is 4.74 Å². The van der Waals surface area contributed by atoms with Gasteiger partial charge in [-0.2, -0.15) is 0 Å². The van der Waals surface area contributed by atoms with E-state index in [1.807, 2.05) is 7.05 Å². The molecule has 0 bridgehead atoms. The molecule has 5 heteroatoms. The Labute approximate surface area is 130 Å². The Hall–Kier alpha value is -0.810. The van der Waals surface area contributed by atoms with E-state index in [0.717, 1.165) is 44.6 Å². The second-order valence-corrected chi connectivity index (χ2v) is 6.47. The lowest BCUT2D eigenvalue weighted by atomic mass is 9.99. The van der Waals surface area contributed by atoms with Crippen molar-refractivity contribution in [2.75, 3.05) is 53.5 Å². The molecule has 0 aromatic rings. The van der Waals surface area contributed by atoms with E-state index >= 15 is 0 Å². The van der Waals surface area contributed by atoms with E-state index in [9.17, 15) is 0 Å². The molecule has 0 aliphatic carbocycles. The topological polar surface area (TPSA) is 48.9 Å². The summed E-state index contributed by atoms with van der Waals surface area (Å²) in [4.78, 5) is 6.69. The van der Waals surface area contributed by atoms with Crippen LogP contribution in [0.4, 0.5) is 0 Å². The second-order valence-electron chi connectivity index (χ2n) is 6.47. The quantitative estimate of drug-likeness (QED) is 0.406. The number of nitrogens with one attached hydrogen (secondary N) is 2. The Morgan fingerprint density at radius 3 is 2.86 bits per heavy atom. The van der Waals surface area contributed by atoms with E-state index in [4.69, 9.17) is 4.74 Å². The van der Waals surface area contributed by atoms with Gasteiger partial charge in [0.05, 0.1) is 0 Å². The van der Waals surface area contributed by atoms with Gasteiger partial charge in [0.1, 0.15) is 0 Å². The number of aliphatic imine (C=N–C) groups is 1. The lowest BCUT2D eigenvalue weighted by molar-refractivity contribution is 0.108. The largest absolute Gasteiger partial charge is 0.381 e. The average molecular weight is 298 g/mol. The maximum Gasteiger partial charge on any atom is 0.190 e. The van der Waals surface area contributed by atoms with Crippen molar-refractivity contribution >= 4 is 5.96 Å². The fourth-order valence-corrected chi connectivity index (χ4v) is 2.60. The van der Waals surface area contributed by atoms with Crippen LogP contribution in [0, 0.1) is 11.8 Å². The molecular weight excluding hydrogens is 264 g/mol. The summed E-state index contributed by atoms with van der Waals surface area (Å²) in [6, 6.07) is 0. The van der Waals surface area contributed by atoms with Gasteiger partial charge in [-0.1, -0.05) is 13.8 Å². The summed E-state index contributed by atoms with van der Waals surface area (Å²) in [7, 11) is 4.04. The van der Waals surface area contributed by atoms with Gasteiger partial charge in [-0.3, -0.25) is 4.99 Å². The molecule has 0 aromatic carbocycles. The standard InChI is InChI=1S/C16H34N4O/c1-14(2)13-21-10-6-8-18-16(17-3)19-11-15-7-5-9-20(4)12-15/h14-15H,5-13H2,1-4H3,(H2,17,18,19). The van der Waals surface area contributed by atoms with Crippen LogP contribution >= 0.6 is 0 Å². The van der Waals surface area contributed by atoms with Crippen molar-refractivity contribution in [3.05, 3.63) is 0 Å². The first-order valence-corrected chi connectivity index (χ1v) is 8.32. The Morgan fingerprint density at radius 1 is 1.38 bits per heavy atom. The van der Waals surface area contributed by atoms with Gasteiger partial charge >= 0.3 is 0 Å². The maximum absolute atomic E-state index is 5.57. The third-order valence-electron chi connectivity index (χ3n) is 3.71. The van der Waals surface area contributed by atoms with E-state index < -0.39 is 0 Å². The predicted molar refractivity (Wildman–Crippen MR) is 89.9 cm³/mol. The minimum Gasteiger partial charge on any atom is -0.381 e. The van der Waals surface area contributed by atoms with Crippen LogP contribution in [0.3, 0.4) is 0 Å². The third kappa shape index (κ3) is 8.94. The number of rotatable bonds is 8. The Morgan fingerprint density at radius 2 is 2.19 bits per heavy atom. The van der Waals surface area contributed by atoms with Gasteiger partial charge in [0.15, 0.2) is 5.96 Å². The van der Waals surface area contributed by atoms with E-state index in [2.05, 4.69) is 41.4 Å². The predicted octanol–water partition coefficient (Wildman–Crippen LogP) is 1.56. The highest BCUT2D eigenvalue weighted by atomic mass is 16.5. The van der Waals surface area contributed by atoms with Crippen molar-refractivity contribution in [2.24, 2.45) is 16.8 Å². The summed E-state index contributed by atoms with van der Waals surface area (Å²) in [6.07, 6.45) is 3.64. The number of guanidine groups is 1. The molecule has 1 atom stereocenters. The number of ether oxygens (including phenoxy) is 1. The van der Waals surface area contributed by atoms with E-state index in [0.29, 0.717) is 5.92 Å². The molecule has 2 N–H and O–H groups in total. The van der Waals surface area contributed by atoms with Gasteiger partial charge in [0.2, 0.25) is 0 Å². The Bertz CT molecular complexity index is 294. The normalized spacial score (nSPS) is 20.8. The number of nitrogens with zero attached hydrogens (tertiary/aromatic N) is 2. The van der Waals surface area contributed by atoms with Crippen LogP contribution in [0.5, 0.6) is 0 Å². The molecule has 124 valence electrons. The molecule has 0 amide bonds. The highest BCUT2D eigenvalue weighted by molar-refractivity contribution is 5.79. The lowest BCUT2D eigenvalue weighted by Crippen LogP contribution is -2.43. The van der Waals surface area contributed by atoms with Crippen LogP contribution in [-0.2, 0) is 4.74 Å². The molecule has 1 heterocycles. The fourth-order valence-electron chi connectivity index (χ4n) is 2.60. The SMILES string of the molecule is CN=C(NCCCOCC(C)C)NCC1CCCN(C)C1. The number of hydrogen-bond donors (Lipinski definition) is 2. The van der Waals surface area contributed by atoms with Crippen molar-refractivity contribution in [2.45, 2.75) is 33.1 Å². The molecule has 0 aromatic heterocycles. The van der Waals surface area contributed by atoms with Gasteiger partial charge < -0.3 is 20.3 Å². The van der Waals surface area contributed by atoms with E-state index in [1.165, 1.54) is 25.9 Å². The summed E-state index contributed by atoms with van der Waals surface area (Å²) in [5, 5.41) is 6.79. The molecule has 0 spiro atoms. The smallest absolute Gasteiger partial charge is 0.190 e. The van der Waals surface area contributed by atoms with Crippen LogP contribution < -0.4 is 10.6 Å². The van der Waals surface area contributed by atoms with Crippen LogP contribution in [-0.4, -0.2) is 64.3 Å². The zero-order valence-corrected chi connectivity index (χ0v) is 14.3. The monoisotopic (exact) mass is 298 g/mol. The highest BCUT2D eigenvalue weighted by Crippen LogP contribution is 2.13. The first-order chi connectivity index (χ1) is 10.1. The molecule has 1 aliphatic heterocycles. The molecule has 1 unspecified atom stereocenters. The van der Waals surface area contributed by atoms with Crippen molar-refractivity contribution in [3.63, 3.8) is 0 Å². The molecule has 1 aliphatic rings. The van der Waals surface area contributed by atoms with Crippen LogP contribution in [0.1, 0.15) is 33.1 Å². The molecule has 0 saturated carbocycles. The van der Waals surface area contributed by atoms with E-state index in [1.54, 1.807) is 0 Å². The number of likely N-dealkylation sites (tertiary alicyclic amines) is 1. The zero-order valence-electron chi connectivity index (χ0n) is 14.3. The Kier molecular flexibility index (Phi) is 9.42. The summed E-state index contributed by atoms with van der Waals surface area (Å²) in [5.74, 6) is 2.25. The minimum atomic E-state index is 0.612. The summed E-state index contributed by atoms with van der Waals surface area (Å²) < 4.78 is 5.57. The second kappa shape index (κ2) is 10.9. The molecule has 1 rings (SSSR count). The highest BCUT2D eigenvalue weighted by Gasteiger charge is 2.16. The van der Waals surface area contributed by atoms with Gasteiger partial charge in [-0.05, 0) is 44.7 Å². The molecule has 1 saturated heterocycles. The summed E-state index contributed by atoms with van der Waals surface area (Å²) in [5.41, 5.74) is 0. The van der Waals surface area contributed by atoms with Gasteiger partial charge in [-0.25, -0.2) is 0 Å². The first kappa shape index (κ1) is 18.2. The molecule has 0 radical (unpaired) electrons. The van der Waals surface area contributed by atoms with Crippen molar-refractivity contribution in [1.29, 1.82) is 0 Å². The van der Waals surface area contributed by atoms with Crippen LogP contribution in [0.2, 0.25) is 0 Å².